The highest BCUT2D eigenvalue weighted by atomic mass is 32.1. The summed E-state index contributed by atoms with van der Waals surface area (Å²) >= 11 is 1.62. The number of anilines is 1. The smallest absolute Gasteiger partial charge is 0.224 e. The van der Waals surface area contributed by atoms with Crippen molar-refractivity contribution in [3.8, 4) is 0 Å². The molecule has 0 radical (unpaired) electrons. The lowest BCUT2D eigenvalue weighted by Crippen LogP contribution is -2.47. The summed E-state index contributed by atoms with van der Waals surface area (Å²) in [6, 6.07) is 14.6. The fourth-order valence-electron chi connectivity index (χ4n) is 4.93. The average molecular weight is 479 g/mol. The van der Waals surface area contributed by atoms with E-state index in [0.29, 0.717) is 0 Å². The van der Waals surface area contributed by atoms with Gasteiger partial charge in [0.1, 0.15) is 10.3 Å². The summed E-state index contributed by atoms with van der Waals surface area (Å²) in [4.78, 5) is 30.2. The number of thiazole rings is 1. The quantitative estimate of drug-likeness (QED) is 0.502. The minimum Gasteiger partial charge on any atom is -0.356 e. The number of nitrogens with zero attached hydrogens (tertiary/aromatic N) is 5. The van der Waals surface area contributed by atoms with Crippen LogP contribution in [0.15, 0.2) is 48.7 Å². The maximum Gasteiger partial charge on any atom is 0.224 e. The van der Waals surface area contributed by atoms with Crippen LogP contribution in [0.4, 0.5) is 5.13 Å². The molecule has 0 spiro atoms. The van der Waals surface area contributed by atoms with E-state index in [1.165, 1.54) is 5.56 Å². The lowest BCUT2D eigenvalue weighted by molar-refractivity contribution is -0.125. The molecular weight excluding hydrogens is 444 g/mol. The SMILES string of the molecule is O=C(NCCCN1CCN(Cc2ccccc2)CC1)C1CCCN(c2nc3cccnc3s2)C1. The monoisotopic (exact) mass is 478 g/mol. The molecule has 1 unspecified atom stereocenters. The van der Waals surface area contributed by atoms with Crippen LogP contribution in [-0.4, -0.2) is 78.0 Å². The Labute approximate surface area is 205 Å². The average Bonchev–Trinajstić information content (AvgIpc) is 3.33. The number of fused-ring (bicyclic) bond motifs is 1. The number of pyridine rings is 1. The fourth-order valence-corrected chi connectivity index (χ4v) is 5.87. The van der Waals surface area contributed by atoms with Crippen molar-refractivity contribution in [3.05, 3.63) is 54.2 Å². The number of hydrogen-bond acceptors (Lipinski definition) is 7. The molecule has 0 aliphatic carbocycles. The normalized spacial score (nSPS) is 20.0. The topological polar surface area (TPSA) is 64.6 Å². The largest absolute Gasteiger partial charge is 0.356 e. The van der Waals surface area contributed by atoms with Gasteiger partial charge in [0.05, 0.1) is 5.92 Å². The van der Waals surface area contributed by atoms with E-state index in [0.717, 1.165) is 93.6 Å². The van der Waals surface area contributed by atoms with E-state index in [9.17, 15) is 4.79 Å². The number of rotatable bonds is 8. The van der Waals surface area contributed by atoms with E-state index in [4.69, 9.17) is 4.98 Å². The third kappa shape index (κ3) is 5.92. The van der Waals surface area contributed by atoms with Crippen LogP contribution in [0.1, 0.15) is 24.8 Å². The third-order valence-corrected chi connectivity index (χ3v) is 7.92. The number of carbonyl (C=O) groups is 1. The third-order valence-electron chi connectivity index (χ3n) is 6.88. The van der Waals surface area contributed by atoms with Crippen molar-refractivity contribution in [1.29, 1.82) is 0 Å². The predicted molar refractivity (Wildman–Crippen MR) is 138 cm³/mol. The van der Waals surface area contributed by atoms with Gasteiger partial charge in [0, 0.05) is 58.6 Å². The molecule has 0 saturated carbocycles. The molecule has 1 atom stereocenters. The second-order valence-corrected chi connectivity index (χ2v) is 10.3. The molecule has 180 valence electrons. The molecule has 2 fully saturated rings. The summed E-state index contributed by atoms with van der Waals surface area (Å²) in [7, 11) is 0. The number of nitrogens with one attached hydrogen (secondary N) is 1. The van der Waals surface area contributed by atoms with E-state index in [2.05, 4.69) is 55.3 Å². The first-order valence-corrected chi connectivity index (χ1v) is 13.3. The van der Waals surface area contributed by atoms with Crippen LogP contribution >= 0.6 is 11.3 Å². The zero-order valence-electron chi connectivity index (χ0n) is 19.7. The van der Waals surface area contributed by atoms with E-state index in [1.807, 2.05) is 12.1 Å². The number of benzene rings is 1. The molecule has 1 amide bonds. The van der Waals surface area contributed by atoms with Gasteiger partial charge in [-0.2, -0.15) is 0 Å². The van der Waals surface area contributed by atoms with Crippen LogP contribution in [0.5, 0.6) is 0 Å². The Bertz CT molecular complexity index is 1030. The summed E-state index contributed by atoms with van der Waals surface area (Å²) in [6.45, 7) is 8.98. The summed E-state index contributed by atoms with van der Waals surface area (Å²) in [6.07, 6.45) is 4.79. The Kier molecular flexibility index (Phi) is 7.68. The molecule has 1 N–H and O–H groups in total. The number of piperazine rings is 1. The maximum atomic E-state index is 12.8. The molecule has 8 heteroatoms. The van der Waals surface area contributed by atoms with Gasteiger partial charge in [0.15, 0.2) is 5.13 Å². The van der Waals surface area contributed by atoms with E-state index in [1.54, 1.807) is 17.5 Å². The van der Waals surface area contributed by atoms with E-state index in [-0.39, 0.29) is 11.8 Å². The van der Waals surface area contributed by atoms with Crippen molar-refractivity contribution in [2.24, 2.45) is 5.92 Å². The summed E-state index contributed by atoms with van der Waals surface area (Å²) in [5, 5.41) is 4.18. The van der Waals surface area contributed by atoms with Gasteiger partial charge in [0.2, 0.25) is 5.91 Å². The Hall–Kier alpha value is -2.55. The Morgan fingerprint density at radius 2 is 1.85 bits per heavy atom. The van der Waals surface area contributed by atoms with Gasteiger partial charge in [-0.15, -0.1) is 0 Å². The number of carbonyl (C=O) groups excluding carboxylic acids is 1. The molecule has 2 aromatic heterocycles. The first kappa shape index (κ1) is 23.2. The molecule has 5 rings (SSSR count). The molecule has 2 aliphatic heterocycles. The van der Waals surface area contributed by atoms with E-state index >= 15 is 0 Å². The Balaban J connectivity index is 1.01. The van der Waals surface area contributed by atoms with Crippen LogP contribution in [0.3, 0.4) is 0 Å². The Morgan fingerprint density at radius 3 is 2.68 bits per heavy atom. The molecule has 3 aromatic rings. The number of aromatic nitrogens is 2. The highest BCUT2D eigenvalue weighted by Crippen LogP contribution is 2.30. The number of hydrogen-bond donors (Lipinski definition) is 1. The molecule has 2 saturated heterocycles. The number of amides is 1. The second-order valence-electron chi connectivity index (χ2n) is 9.36. The lowest BCUT2D eigenvalue weighted by Gasteiger charge is -2.35. The standard InChI is InChI=1S/C26H34N6OS/c33-24(22-9-5-14-32(20-22)26-29-23-10-4-11-28-25(23)34-26)27-12-6-13-30-15-17-31(18-16-30)19-21-7-2-1-3-8-21/h1-4,7-8,10-11,22H,5-6,9,12-20H2,(H,27,33). The second kappa shape index (κ2) is 11.3. The van der Waals surface area contributed by atoms with Gasteiger partial charge < -0.3 is 15.1 Å². The fraction of sp³-hybridized carbons (Fsp3) is 0.500. The highest BCUT2D eigenvalue weighted by Gasteiger charge is 2.27. The molecular formula is C26H34N6OS. The lowest BCUT2D eigenvalue weighted by atomic mass is 9.97. The van der Waals surface area contributed by atoms with E-state index < -0.39 is 0 Å². The van der Waals surface area contributed by atoms with Gasteiger partial charge in [-0.1, -0.05) is 41.7 Å². The van der Waals surface area contributed by atoms with Crippen LogP contribution in [0.25, 0.3) is 10.3 Å². The van der Waals surface area contributed by atoms with Gasteiger partial charge in [-0.25, -0.2) is 9.97 Å². The molecule has 7 nitrogen and oxygen atoms in total. The minimum atomic E-state index is 0.0373. The van der Waals surface area contributed by atoms with Gasteiger partial charge in [-0.3, -0.25) is 9.69 Å². The molecule has 4 heterocycles. The van der Waals surface area contributed by atoms with Crippen molar-refractivity contribution in [1.82, 2.24) is 25.1 Å². The van der Waals surface area contributed by atoms with Crippen LogP contribution in [0, 0.1) is 5.92 Å². The van der Waals surface area contributed by atoms with Crippen molar-refractivity contribution < 1.29 is 4.79 Å². The minimum absolute atomic E-state index is 0.0373. The van der Waals surface area contributed by atoms with Crippen molar-refractivity contribution in [2.75, 3.05) is 57.3 Å². The van der Waals surface area contributed by atoms with Crippen LogP contribution < -0.4 is 10.2 Å². The number of piperidine rings is 1. The summed E-state index contributed by atoms with van der Waals surface area (Å²) in [5.74, 6) is 0.229. The van der Waals surface area contributed by atoms with Crippen molar-refractivity contribution >= 4 is 32.7 Å². The maximum absolute atomic E-state index is 12.8. The molecule has 2 aliphatic rings. The van der Waals surface area contributed by atoms with Crippen molar-refractivity contribution in [3.63, 3.8) is 0 Å². The first-order chi connectivity index (χ1) is 16.7. The first-order valence-electron chi connectivity index (χ1n) is 12.5. The highest BCUT2D eigenvalue weighted by molar-refractivity contribution is 7.21. The van der Waals surface area contributed by atoms with Gasteiger partial charge >= 0.3 is 0 Å². The van der Waals surface area contributed by atoms with Crippen LogP contribution in [0.2, 0.25) is 0 Å². The Morgan fingerprint density at radius 1 is 1.03 bits per heavy atom. The molecule has 1 aromatic carbocycles. The summed E-state index contributed by atoms with van der Waals surface area (Å²) in [5.41, 5.74) is 2.33. The molecule has 34 heavy (non-hydrogen) atoms. The zero-order chi connectivity index (χ0) is 23.2. The summed E-state index contributed by atoms with van der Waals surface area (Å²) < 4.78 is 0. The van der Waals surface area contributed by atoms with Crippen LogP contribution in [-0.2, 0) is 11.3 Å². The molecule has 0 bridgehead atoms. The van der Waals surface area contributed by atoms with Gasteiger partial charge in [0.25, 0.3) is 0 Å². The van der Waals surface area contributed by atoms with Crippen molar-refractivity contribution in [2.45, 2.75) is 25.8 Å². The predicted octanol–water partition coefficient (Wildman–Crippen LogP) is 3.23. The van der Waals surface area contributed by atoms with Gasteiger partial charge in [-0.05, 0) is 43.5 Å². The zero-order valence-corrected chi connectivity index (χ0v) is 20.6.